The Bertz CT molecular complexity index is 756. The van der Waals surface area contributed by atoms with E-state index in [1.54, 1.807) is 6.92 Å². The number of rotatable bonds is 7. The quantitative estimate of drug-likeness (QED) is 0.568. The number of β-amino-alcohol motifs (C(OH)–C–C–N with tert-alkyl or cyclic N) is 1. The molecule has 1 aliphatic rings. The highest BCUT2D eigenvalue weighted by Gasteiger charge is 2.39. The zero-order chi connectivity index (χ0) is 20.0. The normalized spacial score (nSPS) is 21.9. The molecular formula is C17H26N4O5S. The molecule has 0 spiro atoms. The summed E-state index contributed by atoms with van der Waals surface area (Å²) < 4.78 is 27.1. The van der Waals surface area contributed by atoms with E-state index in [4.69, 9.17) is 5.73 Å². The first-order valence-corrected chi connectivity index (χ1v) is 10.3. The zero-order valence-electron chi connectivity index (χ0n) is 15.2. The lowest BCUT2D eigenvalue weighted by atomic mass is 10.0. The summed E-state index contributed by atoms with van der Waals surface area (Å²) in [5, 5.41) is 13.5. The summed E-state index contributed by atoms with van der Waals surface area (Å²) in [4.78, 5) is 27.8. The molecule has 1 aromatic heterocycles. The number of pyridine rings is 1. The van der Waals surface area contributed by atoms with E-state index >= 15 is 0 Å². The van der Waals surface area contributed by atoms with Gasteiger partial charge in [0, 0.05) is 31.3 Å². The lowest BCUT2D eigenvalue weighted by molar-refractivity contribution is -0.130. The van der Waals surface area contributed by atoms with Gasteiger partial charge in [0.2, 0.25) is 11.8 Å². The number of carbonyl (C=O) groups excluding carboxylic acids is 2. The highest BCUT2D eigenvalue weighted by Crippen LogP contribution is 2.25. The number of aliphatic hydroxyl groups excluding tert-OH is 1. The van der Waals surface area contributed by atoms with Crippen molar-refractivity contribution in [3.05, 3.63) is 24.5 Å². The Morgan fingerprint density at radius 1 is 1.48 bits per heavy atom. The maximum atomic E-state index is 13.2. The number of amides is 2. The van der Waals surface area contributed by atoms with Crippen molar-refractivity contribution in [3.8, 4) is 0 Å². The van der Waals surface area contributed by atoms with Crippen molar-refractivity contribution in [2.24, 2.45) is 11.7 Å². The van der Waals surface area contributed by atoms with Gasteiger partial charge in [-0.05, 0) is 37.9 Å². The van der Waals surface area contributed by atoms with Crippen LogP contribution in [0.4, 0.5) is 0 Å². The molecule has 3 atom stereocenters. The van der Waals surface area contributed by atoms with Crippen molar-refractivity contribution < 1.29 is 23.1 Å². The predicted molar refractivity (Wildman–Crippen MR) is 97.8 cm³/mol. The SMILES string of the molecule is CC(CCC(=O)N(C1CCCNC[C@@H]1O)S(=O)(=O)c1cccnc1)C(N)=O. The molecule has 9 nitrogen and oxygen atoms in total. The lowest BCUT2D eigenvalue weighted by Crippen LogP contribution is -2.51. The van der Waals surface area contributed by atoms with E-state index in [-0.39, 0.29) is 24.3 Å². The zero-order valence-corrected chi connectivity index (χ0v) is 16.1. The van der Waals surface area contributed by atoms with Crippen LogP contribution in [0.15, 0.2) is 29.4 Å². The summed E-state index contributed by atoms with van der Waals surface area (Å²) in [6.45, 7) is 2.40. The smallest absolute Gasteiger partial charge is 0.268 e. The highest BCUT2D eigenvalue weighted by molar-refractivity contribution is 7.89. The van der Waals surface area contributed by atoms with Gasteiger partial charge < -0.3 is 16.2 Å². The average molecular weight is 398 g/mol. The molecule has 0 radical (unpaired) electrons. The van der Waals surface area contributed by atoms with Crippen LogP contribution in [-0.2, 0) is 19.6 Å². The van der Waals surface area contributed by atoms with Crippen molar-refractivity contribution in [2.45, 2.75) is 49.6 Å². The molecule has 0 bridgehead atoms. The number of hydrogen-bond acceptors (Lipinski definition) is 7. The summed E-state index contributed by atoms with van der Waals surface area (Å²) in [5.41, 5.74) is 5.22. The van der Waals surface area contributed by atoms with Gasteiger partial charge in [-0.15, -0.1) is 0 Å². The monoisotopic (exact) mass is 398 g/mol. The number of aromatic nitrogens is 1. The molecule has 2 amide bonds. The first kappa shape index (κ1) is 21.3. The number of nitrogens with one attached hydrogen (secondary N) is 1. The van der Waals surface area contributed by atoms with E-state index in [1.807, 2.05) is 0 Å². The summed E-state index contributed by atoms with van der Waals surface area (Å²) in [6.07, 6.45) is 2.49. The van der Waals surface area contributed by atoms with Gasteiger partial charge in [-0.1, -0.05) is 6.92 Å². The van der Waals surface area contributed by atoms with Crippen LogP contribution in [0.3, 0.4) is 0 Å². The van der Waals surface area contributed by atoms with Gasteiger partial charge in [0.1, 0.15) is 4.90 Å². The standard InChI is InChI=1S/C17H26N4O5S/c1-12(17(18)24)6-7-16(23)21(14-5-3-9-20-11-15(14)22)27(25,26)13-4-2-8-19-10-13/h2,4,8,10,12,14-15,20,22H,3,5-7,9,11H2,1H3,(H2,18,24)/t12?,14?,15-/m0/s1. The molecular weight excluding hydrogens is 372 g/mol. The molecule has 1 fully saturated rings. The Labute approximate surface area is 159 Å². The summed E-state index contributed by atoms with van der Waals surface area (Å²) in [5.74, 6) is -1.78. The van der Waals surface area contributed by atoms with Crippen LogP contribution < -0.4 is 11.1 Å². The first-order chi connectivity index (χ1) is 12.7. The molecule has 1 aliphatic heterocycles. The minimum Gasteiger partial charge on any atom is -0.390 e. The Morgan fingerprint density at radius 2 is 2.22 bits per heavy atom. The molecule has 0 aromatic carbocycles. The van der Waals surface area contributed by atoms with Gasteiger partial charge in [-0.2, -0.15) is 0 Å². The van der Waals surface area contributed by atoms with Gasteiger partial charge in [0.05, 0.1) is 12.1 Å². The molecule has 27 heavy (non-hydrogen) atoms. The van der Waals surface area contributed by atoms with Crippen LogP contribution >= 0.6 is 0 Å². The molecule has 0 aliphatic carbocycles. The van der Waals surface area contributed by atoms with Gasteiger partial charge in [-0.3, -0.25) is 14.6 Å². The summed E-state index contributed by atoms with van der Waals surface area (Å²) in [6, 6.07) is 1.94. The number of sulfonamides is 1. The minimum absolute atomic E-state index is 0.120. The maximum absolute atomic E-state index is 13.2. The average Bonchev–Trinajstić information content (AvgIpc) is 2.85. The fourth-order valence-corrected chi connectivity index (χ4v) is 4.62. The number of primary amides is 1. The van der Waals surface area contributed by atoms with E-state index in [1.165, 1.54) is 24.5 Å². The molecule has 2 heterocycles. The van der Waals surface area contributed by atoms with Gasteiger partial charge in [0.25, 0.3) is 10.0 Å². The Balaban J connectivity index is 2.36. The van der Waals surface area contributed by atoms with Crippen molar-refractivity contribution in [1.82, 2.24) is 14.6 Å². The second-order valence-electron chi connectivity index (χ2n) is 6.71. The molecule has 1 saturated heterocycles. The number of aliphatic hydroxyl groups is 1. The third-order valence-electron chi connectivity index (χ3n) is 4.67. The Morgan fingerprint density at radius 3 is 2.85 bits per heavy atom. The van der Waals surface area contributed by atoms with Crippen LogP contribution in [0, 0.1) is 5.92 Å². The van der Waals surface area contributed by atoms with Crippen LogP contribution in [0.1, 0.15) is 32.6 Å². The summed E-state index contributed by atoms with van der Waals surface area (Å²) in [7, 11) is -4.20. The number of hydrogen-bond donors (Lipinski definition) is 3. The van der Waals surface area contributed by atoms with E-state index in [2.05, 4.69) is 10.3 Å². The topological polar surface area (TPSA) is 143 Å². The predicted octanol–water partition coefficient (Wildman–Crippen LogP) is -0.387. The molecule has 0 saturated carbocycles. The van der Waals surface area contributed by atoms with Gasteiger partial charge in [0.15, 0.2) is 0 Å². The molecule has 2 rings (SSSR count). The fraction of sp³-hybridized carbons (Fsp3) is 0.588. The Kier molecular flexibility index (Phi) is 7.28. The van der Waals surface area contributed by atoms with Crippen molar-refractivity contribution in [1.29, 1.82) is 0 Å². The van der Waals surface area contributed by atoms with E-state index < -0.39 is 39.9 Å². The lowest BCUT2D eigenvalue weighted by Gasteiger charge is -2.33. The van der Waals surface area contributed by atoms with Crippen LogP contribution in [-0.4, -0.2) is 59.9 Å². The van der Waals surface area contributed by atoms with Gasteiger partial charge in [-0.25, -0.2) is 12.7 Å². The molecule has 1 aromatic rings. The highest BCUT2D eigenvalue weighted by atomic mass is 32.2. The van der Waals surface area contributed by atoms with Crippen LogP contribution in [0.2, 0.25) is 0 Å². The fourth-order valence-electron chi connectivity index (χ4n) is 2.99. The van der Waals surface area contributed by atoms with Crippen LogP contribution in [0.25, 0.3) is 0 Å². The van der Waals surface area contributed by atoms with Crippen molar-refractivity contribution in [3.63, 3.8) is 0 Å². The van der Waals surface area contributed by atoms with Crippen molar-refractivity contribution in [2.75, 3.05) is 13.1 Å². The molecule has 10 heteroatoms. The molecule has 2 unspecified atom stereocenters. The second-order valence-corrected chi connectivity index (χ2v) is 8.52. The van der Waals surface area contributed by atoms with E-state index in [0.29, 0.717) is 19.4 Å². The largest absolute Gasteiger partial charge is 0.390 e. The van der Waals surface area contributed by atoms with E-state index in [0.717, 1.165) is 4.31 Å². The summed E-state index contributed by atoms with van der Waals surface area (Å²) >= 11 is 0. The first-order valence-electron chi connectivity index (χ1n) is 8.90. The van der Waals surface area contributed by atoms with Crippen LogP contribution in [0.5, 0.6) is 0 Å². The third kappa shape index (κ3) is 5.24. The second kappa shape index (κ2) is 9.25. The number of nitrogens with two attached hydrogens (primary N) is 1. The minimum atomic E-state index is -4.20. The Hall–Kier alpha value is -2.04. The van der Waals surface area contributed by atoms with Gasteiger partial charge >= 0.3 is 0 Å². The molecule has 4 N–H and O–H groups in total. The third-order valence-corrected chi connectivity index (χ3v) is 6.50. The number of carbonyl (C=O) groups is 2. The number of nitrogens with zero attached hydrogens (tertiary/aromatic N) is 2. The van der Waals surface area contributed by atoms with Crippen molar-refractivity contribution >= 4 is 21.8 Å². The maximum Gasteiger partial charge on any atom is 0.268 e. The molecule has 150 valence electrons. The van der Waals surface area contributed by atoms with E-state index in [9.17, 15) is 23.1 Å².